The minimum absolute atomic E-state index is 0.0195. The number of benzene rings is 1. The molecule has 0 unspecified atom stereocenters. The van der Waals surface area contributed by atoms with E-state index in [1.54, 1.807) is 11.0 Å². The van der Waals surface area contributed by atoms with Gasteiger partial charge in [-0.15, -0.1) is 0 Å². The van der Waals surface area contributed by atoms with Crippen LogP contribution in [0.15, 0.2) is 18.2 Å². The van der Waals surface area contributed by atoms with Crippen molar-refractivity contribution in [2.45, 2.75) is 25.8 Å². The third kappa shape index (κ3) is 3.17. The molecule has 1 aromatic carbocycles. The Kier molecular flexibility index (Phi) is 3.95. The molecule has 2 N–H and O–H groups in total. The van der Waals surface area contributed by atoms with Crippen molar-refractivity contribution >= 4 is 29.3 Å². The lowest BCUT2D eigenvalue weighted by molar-refractivity contribution is 0.0697. The number of amides is 2. The average Bonchev–Trinajstić information content (AvgIpc) is 3.16. The lowest BCUT2D eigenvalue weighted by Gasteiger charge is -2.21. The molecule has 0 atom stereocenters. The summed E-state index contributed by atoms with van der Waals surface area (Å²) in [6.45, 7) is 2.55. The number of nitrogens with one attached hydrogen (secondary N) is 1. The molecule has 1 aliphatic carbocycles. The van der Waals surface area contributed by atoms with Crippen molar-refractivity contribution < 1.29 is 14.7 Å². The molecule has 5 nitrogen and oxygen atoms in total. The second-order valence-corrected chi connectivity index (χ2v) is 4.85. The number of halogens is 1. The first-order valence-corrected chi connectivity index (χ1v) is 6.51. The van der Waals surface area contributed by atoms with Gasteiger partial charge < -0.3 is 15.3 Å². The van der Waals surface area contributed by atoms with E-state index in [1.165, 1.54) is 12.1 Å². The summed E-state index contributed by atoms with van der Waals surface area (Å²) in [5.41, 5.74) is 0.417. The second-order valence-electron chi connectivity index (χ2n) is 4.45. The fourth-order valence-electron chi connectivity index (χ4n) is 1.92. The smallest absolute Gasteiger partial charge is 0.337 e. The molecule has 1 fully saturated rings. The van der Waals surface area contributed by atoms with Gasteiger partial charge in [0.1, 0.15) is 0 Å². The van der Waals surface area contributed by atoms with Crippen molar-refractivity contribution in [1.82, 2.24) is 4.90 Å². The lowest BCUT2D eigenvalue weighted by atomic mass is 10.2. The zero-order valence-corrected chi connectivity index (χ0v) is 11.3. The summed E-state index contributed by atoms with van der Waals surface area (Å²) in [4.78, 5) is 24.7. The van der Waals surface area contributed by atoms with Crippen LogP contribution in [0.5, 0.6) is 0 Å². The molecule has 2 rings (SSSR count). The van der Waals surface area contributed by atoms with E-state index in [0.717, 1.165) is 12.8 Å². The summed E-state index contributed by atoms with van der Waals surface area (Å²) in [5.74, 6) is -1.12. The minimum atomic E-state index is -1.12. The molecule has 1 saturated carbocycles. The fourth-order valence-corrected chi connectivity index (χ4v) is 2.11. The van der Waals surface area contributed by atoms with Crippen LogP contribution in [0, 0.1) is 0 Å². The third-order valence-electron chi connectivity index (χ3n) is 3.04. The van der Waals surface area contributed by atoms with Crippen molar-refractivity contribution in [3.63, 3.8) is 0 Å². The SMILES string of the molecule is CCN(C(=O)Nc1ccc(Cl)c(C(=O)O)c1)C1CC1. The maximum atomic E-state index is 12.0. The number of aromatic carboxylic acids is 1. The zero-order valence-electron chi connectivity index (χ0n) is 10.5. The van der Waals surface area contributed by atoms with E-state index in [2.05, 4.69) is 5.32 Å². The van der Waals surface area contributed by atoms with Crippen molar-refractivity contribution in [3.8, 4) is 0 Å². The molecule has 0 aromatic heterocycles. The van der Waals surface area contributed by atoms with Gasteiger partial charge in [-0.1, -0.05) is 11.6 Å². The molecule has 0 bridgehead atoms. The number of rotatable bonds is 4. The Morgan fingerprint density at radius 3 is 2.68 bits per heavy atom. The van der Waals surface area contributed by atoms with Gasteiger partial charge in [-0.05, 0) is 38.0 Å². The van der Waals surface area contributed by atoms with E-state index in [4.69, 9.17) is 16.7 Å². The summed E-state index contributed by atoms with van der Waals surface area (Å²) < 4.78 is 0. The van der Waals surface area contributed by atoms with E-state index in [1.807, 2.05) is 6.92 Å². The van der Waals surface area contributed by atoms with Crippen LogP contribution >= 0.6 is 11.6 Å². The maximum absolute atomic E-state index is 12.0. The number of carboxylic acid groups (broad SMARTS) is 1. The topological polar surface area (TPSA) is 69.6 Å². The highest BCUT2D eigenvalue weighted by molar-refractivity contribution is 6.33. The molecule has 1 aliphatic rings. The average molecular weight is 283 g/mol. The quantitative estimate of drug-likeness (QED) is 0.892. The highest BCUT2D eigenvalue weighted by atomic mass is 35.5. The van der Waals surface area contributed by atoms with E-state index in [0.29, 0.717) is 18.3 Å². The Morgan fingerprint density at radius 2 is 2.16 bits per heavy atom. The van der Waals surface area contributed by atoms with E-state index in [-0.39, 0.29) is 16.6 Å². The number of hydrogen-bond acceptors (Lipinski definition) is 2. The largest absolute Gasteiger partial charge is 0.478 e. The van der Waals surface area contributed by atoms with Gasteiger partial charge >= 0.3 is 12.0 Å². The first-order chi connectivity index (χ1) is 9.02. The number of anilines is 1. The van der Waals surface area contributed by atoms with Gasteiger partial charge in [0.05, 0.1) is 10.6 Å². The van der Waals surface area contributed by atoms with Crippen LogP contribution in [0.3, 0.4) is 0 Å². The summed E-state index contributed by atoms with van der Waals surface area (Å²) >= 11 is 5.77. The summed E-state index contributed by atoms with van der Waals surface area (Å²) in [6, 6.07) is 4.53. The molecule has 102 valence electrons. The van der Waals surface area contributed by atoms with Gasteiger partial charge in [0, 0.05) is 18.3 Å². The number of carboxylic acids is 1. The zero-order chi connectivity index (χ0) is 14.0. The Bertz CT molecular complexity index is 515. The van der Waals surface area contributed by atoms with Crippen LogP contribution in [0.4, 0.5) is 10.5 Å². The normalized spacial score (nSPS) is 14.0. The monoisotopic (exact) mass is 282 g/mol. The molecular formula is C13H15ClN2O3. The van der Waals surface area contributed by atoms with Crippen LogP contribution in [0.25, 0.3) is 0 Å². The first kappa shape index (κ1) is 13.7. The molecule has 0 aliphatic heterocycles. The van der Waals surface area contributed by atoms with Gasteiger partial charge in [-0.2, -0.15) is 0 Å². The minimum Gasteiger partial charge on any atom is -0.478 e. The maximum Gasteiger partial charge on any atom is 0.337 e. The molecule has 0 heterocycles. The van der Waals surface area contributed by atoms with Crippen LogP contribution < -0.4 is 5.32 Å². The predicted molar refractivity (Wildman–Crippen MR) is 72.8 cm³/mol. The Hall–Kier alpha value is -1.75. The highest BCUT2D eigenvalue weighted by Crippen LogP contribution is 2.27. The predicted octanol–water partition coefficient (Wildman–Crippen LogP) is 3.05. The van der Waals surface area contributed by atoms with Crippen LogP contribution in [-0.4, -0.2) is 34.6 Å². The van der Waals surface area contributed by atoms with Crippen molar-refractivity contribution in [2.75, 3.05) is 11.9 Å². The molecule has 0 saturated heterocycles. The summed E-state index contributed by atoms with van der Waals surface area (Å²) in [7, 11) is 0. The molecule has 0 radical (unpaired) electrons. The Balaban J connectivity index is 2.12. The summed E-state index contributed by atoms with van der Waals surface area (Å²) in [6.07, 6.45) is 2.06. The Morgan fingerprint density at radius 1 is 1.47 bits per heavy atom. The van der Waals surface area contributed by atoms with E-state index < -0.39 is 5.97 Å². The van der Waals surface area contributed by atoms with Gasteiger partial charge in [-0.3, -0.25) is 0 Å². The summed E-state index contributed by atoms with van der Waals surface area (Å²) in [5, 5.41) is 11.8. The van der Waals surface area contributed by atoms with Gasteiger partial charge in [0.25, 0.3) is 0 Å². The first-order valence-electron chi connectivity index (χ1n) is 6.13. The molecular weight excluding hydrogens is 268 g/mol. The molecule has 0 spiro atoms. The van der Waals surface area contributed by atoms with E-state index in [9.17, 15) is 9.59 Å². The number of carbonyl (C=O) groups is 2. The van der Waals surface area contributed by atoms with Crippen molar-refractivity contribution in [1.29, 1.82) is 0 Å². The number of hydrogen-bond donors (Lipinski definition) is 2. The second kappa shape index (κ2) is 5.48. The molecule has 1 aromatic rings. The number of nitrogens with zero attached hydrogens (tertiary/aromatic N) is 1. The van der Waals surface area contributed by atoms with Gasteiger partial charge in [0.2, 0.25) is 0 Å². The highest BCUT2D eigenvalue weighted by Gasteiger charge is 2.31. The van der Waals surface area contributed by atoms with Crippen LogP contribution in [-0.2, 0) is 0 Å². The van der Waals surface area contributed by atoms with Gasteiger partial charge in [-0.25, -0.2) is 9.59 Å². The fraction of sp³-hybridized carbons (Fsp3) is 0.385. The van der Waals surface area contributed by atoms with Crippen molar-refractivity contribution in [3.05, 3.63) is 28.8 Å². The van der Waals surface area contributed by atoms with Gasteiger partial charge in [0.15, 0.2) is 0 Å². The van der Waals surface area contributed by atoms with Crippen LogP contribution in [0.2, 0.25) is 5.02 Å². The molecule has 2 amide bonds. The molecule has 6 heteroatoms. The standard InChI is InChI=1S/C13H15ClN2O3/c1-2-16(9-4-5-9)13(19)15-8-3-6-11(14)10(7-8)12(17)18/h3,6-7,9H,2,4-5H2,1H3,(H,15,19)(H,17,18). The Labute approximate surface area is 116 Å². The molecule has 19 heavy (non-hydrogen) atoms. The van der Waals surface area contributed by atoms with Crippen LogP contribution in [0.1, 0.15) is 30.1 Å². The number of urea groups is 1. The lowest BCUT2D eigenvalue weighted by Crippen LogP contribution is -2.36. The van der Waals surface area contributed by atoms with Crippen molar-refractivity contribution in [2.24, 2.45) is 0 Å². The van der Waals surface area contributed by atoms with E-state index >= 15 is 0 Å². The third-order valence-corrected chi connectivity index (χ3v) is 3.37. The number of carbonyl (C=O) groups excluding carboxylic acids is 1.